The van der Waals surface area contributed by atoms with Gasteiger partial charge in [-0.3, -0.25) is 9.59 Å². The number of aliphatic hydroxyl groups excluding tert-OH is 1. The highest BCUT2D eigenvalue weighted by molar-refractivity contribution is 6.35. The number of hydrogen-bond acceptors (Lipinski definition) is 3. The number of carbonyl (C=O) groups is 2. The Hall–Kier alpha value is -1.88. The quantitative estimate of drug-likeness (QED) is 0.745. The van der Waals surface area contributed by atoms with Crippen LogP contribution in [0.4, 0.5) is 0 Å². The number of nitrogens with zero attached hydrogens (tertiary/aromatic N) is 1. The Kier molecular flexibility index (Phi) is 6.77. The molecule has 0 radical (unpaired) electrons. The molecule has 0 aromatic heterocycles. The van der Waals surface area contributed by atoms with Crippen molar-refractivity contribution >= 4 is 11.8 Å². The lowest BCUT2D eigenvalue weighted by atomic mass is 9.76. The van der Waals surface area contributed by atoms with Gasteiger partial charge in [0.1, 0.15) is 0 Å². The summed E-state index contributed by atoms with van der Waals surface area (Å²) >= 11 is 0. The number of likely N-dealkylation sites (tertiary alicyclic amines) is 1. The van der Waals surface area contributed by atoms with E-state index in [0.717, 1.165) is 57.8 Å². The molecule has 1 heterocycles. The van der Waals surface area contributed by atoms with Crippen molar-refractivity contribution in [2.75, 3.05) is 6.54 Å². The van der Waals surface area contributed by atoms with E-state index in [1.54, 1.807) is 4.90 Å². The minimum Gasteiger partial charge on any atom is -0.393 e. The highest BCUT2D eigenvalue weighted by Crippen LogP contribution is 2.37. The molecule has 30 heavy (non-hydrogen) atoms. The van der Waals surface area contributed by atoms with Crippen LogP contribution in [0.25, 0.3) is 0 Å². The van der Waals surface area contributed by atoms with Crippen LogP contribution in [0.15, 0.2) is 30.3 Å². The number of aliphatic hydroxyl groups is 1. The van der Waals surface area contributed by atoms with Gasteiger partial charge in [0.15, 0.2) is 0 Å². The SMILES string of the molecule is CC1CCC(O)C(C2CCCN2C(=O)C(=O)NC2CCCC(c3ccccc3)C2)C1. The third-order valence-electron chi connectivity index (χ3n) is 7.65. The molecule has 1 aromatic rings. The zero-order valence-electron chi connectivity index (χ0n) is 18.1. The van der Waals surface area contributed by atoms with E-state index in [9.17, 15) is 14.7 Å². The van der Waals surface area contributed by atoms with Crippen LogP contribution in [-0.4, -0.2) is 46.6 Å². The summed E-state index contributed by atoms with van der Waals surface area (Å²) in [5.74, 6) is 0.259. The molecule has 0 bridgehead atoms. The Balaban J connectivity index is 1.36. The first-order valence-corrected chi connectivity index (χ1v) is 11.9. The maximum atomic E-state index is 13.0. The van der Waals surface area contributed by atoms with Crippen molar-refractivity contribution in [3.8, 4) is 0 Å². The second-order valence-electron chi connectivity index (χ2n) is 9.80. The van der Waals surface area contributed by atoms with Crippen LogP contribution < -0.4 is 5.32 Å². The largest absolute Gasteiger partial charge is 0.393 e. The lowest BCUT2D eigenvalue weighted by Gasteiger charge is -2.39. The molecule has 164 valence electrons. The summed E-state index contributed by atoms with van der Waals surface area (Å²) in [6.07, 6.45) is 8.28. The van der Waals surface area contributed by atoms with E-state index >= 15 is 0 Å². The van der Waals surface area contributed by atoms with E-state index in [1.165, 1.54) is 5.56 Å². The zero-order valence-corrected chi connectivity index (χ0v) is 18.1. The molecule has 2 saturated carbocycles. The molecular formula is C25H36N2O3. The summed E-state index contributed by atoms with van der Waals surface area (Å²) in [6.45, 7) is 2.85. The van der Waals surface area contributed by atoms with Crippen molar-refractivity contribution in [3.63, 3.8) is 0 Å². The molecule has 3 aliphatic rings. The normalized spacial score (nSPS) is 34.5. The first-order valence-electron chi connectivity index (χ1n) is 11.9. The lowest BCUT2D eigenvalue weighted by molar-refractivity contribution is -0.148. The van der Waals surface area contributed by atoms with E-state index < -0.39 is 11.8 Å². The number of amides is 2. The summed E-state index contributed by atoms with van der Waals surface area (Å²) in [4.78, 5) is 27.7. The third kappa shape index (κ3) is 4.72. The average molecular weight is 413 g/mol. The highest BCUT2D eigenvalue weighted by Gasteiger charge is 2.42. The van der Waals surface area contributed by atoms with Crippen molar-refractivity contribution in [3.05, 3.63) is 35.9 Å². The number of hydrogen-bond donors (Lipinski definition) is 2. The fourth-order valence-corrected chi connectivity index (χ4v) is 6.04. The molecule has 3 fully saturated rings. The van der Waals surface area contributed by atoms with E-state index in [-0.39, 0.29) is 24.1 Å². The minimum absolute atomic E-state index is 0.00410. The van der Waals surface area contributed by atoms with E-state index in [4.69, 9.17) is 0 Å². The fourth-order valence-electron chi connectivity index (χ4n) is 6.04. The highest BCUT2D eigenvalue weighted by atomic mass is 16.3. The summed E-state index contributed by atoms with van der Waals surface area (Å²) in [6, 6.07) is 10.5. The molecule has 0 spiro atoms. The minimum atomic E-state index is -0.459. The molecule has 5 heteroatoms. The van der Waals surface area contributed by atoms with Crippen molar-refractivity contribution in [2.24, 2.45) is 11.8 Å². The maximum absolute atomic E-state index is 13.0. The van der Waals surface area contributed by atoms with Gasteiger partial charge >= 0.3 is 11.8 Å². The van der Waals surface area contributed by atoms with Gasteiger partial charge in [0.25, 0.3) is 0 Å². The topological polar surface area (TPSA) is 69.6 Å². The lowest BCUT2D eigenvalue weighted by Crippen LogP contribution is -2.52. The van der Waals surface area contributed by atoms with E-state index in [0.29, 0.717) is 18.4 Å². The van der Waals surface area contributed by atoms with Crippen LogP contribution >= 0.6 is 0 Å². The fraction of sp³-hybridized carbons (Fsp3) is 0.680. The molecule has 1 saturated heterocycles. The molecule has 6 atom stereocenters. The molecule has 6 unspecified atom stereocenters. The van der Waals surface area contributed by atoms with E-state index in [2.05, 4.69) is 36.5 Å². The molecule has 2 amide bonds. The van der Waals surface area contributed by atoms with Gasteiger partial charge in [0.05, 0.1) is 6.10 Å². The van der Waals surface area contributed by atoms with Crippen molar-refractivity contribution in [1.29, 1.82) is 0 Å². The Morgan fingerprint density at radius 1 is 1.00 bits per heavy atom. The Morgan fingerprint density at radius 2 is 1.80 bits per heavy atom. The predicted molar refractivity (Wildman–Crippen MR) is 117 cm³/mol. The first-order chi connectivity index (χ1) is 14.5. The van der Waals surface area contributed by atoms with Gasteiger partial charge in [-0.25, -0.2) is 0 Å². The van der Waals surface area contributed by atoms with Crippen LogP contribution in [0, 0.1) is 11.8 Å². The number of benzene rings is 1. The maximum Gasteiger partial charge on any atom is 0.312 e. The van der Waals surface area contributed by atoms with E-state index in [1.807, 2.05) is 6.07 Å². The predicted octanol–water partition coefficient (Wildman–Crippen LogP) is 3.62. The second-order valence-corrected chi connectivity index (χ2v) is 9.80. The molecule has 2 aliphatic carbocycles. The smallest absolute Gasteiger partial charge is 0.312 e. The van der Waals surface area contributed by atoms with Gasteiger partial charge in [0, 0.05) is 24.5 Å². The van der Waals surface area contributed by atoms with Crippen LogP contribution in [-0.2, 0) is 9.59 Å². The van der Waals surface area contributed by atoms with Crippen LogP contribution in [0.3, 0.4) is 0 Å². The van der Waals surface area contributed by atoms with Gasteiger partial charge in [-0.05, 0) is 68.8 Å². The van der Waals surface area contributed by atoms with Crippen molar-refractivity contribution in [2.45, 2.75) is 88.8 Å². The van der Waals surface area contributed by atoms with Crippen LogP contribution in [0.5, 0.6) is 0 Å². The van der Waals surface area contributed by atoms with Gasteiger partial charge < -0.3 is 15.3 Å². The third-order valence-corrected chi connectivity index (χ3v) is 7.65. The second kappa shape index (κ2) is 9.51. The molecule has 2 N–H and O–H groups in total. The number of nitrogens with one attached hydrogen (secondary N) is 1. The summed E-state index contributed by atoms with van der Waals surface area (Å²) in [5, 5.41) is 13.6. The average Bonchev–Trinajstić information content (AvgIpc) is 3.25. The Labute approximate surface area is 180 Å². The van der Waals surface area contributed by atoms with Crippen molar-refractivity contribution in [1.82, 2.24) is 10.2 Å². The van der Waals surface area contributed by atoms with Gasteiger partial charge in [-0.15, -0.1) is 0 Å². The number of rotatable bonds is 3. The summed E-state index contributed by atoms with van der Waals surface area (Å²) < 4.78 is 0. The van der Waals surface area contributed by atoms with Gasteiger partial charge in [-0.2, -0.15) is 0 Å². The Morgan fingerprint density at radius 3 is 2.60 bits per heavy atom. The van der Waals surface area contributed by atoms with Gasteiger partial charge in [0.2, 0.25) is 0 Å². The Bertz CT molecular complexity index is 737. The number of carbonyl (C=O) groups excluding carboxylic acids is 2. The monoisotopic (exact) mass is 412 g/mol. The molecule has 4 rings (SSSR count). The molecule has 1 aliphatic heterocycles. The van der Waals surface area contributed by atoms with Crippen LogP contribution in [0.2, 0.25) is 0 Å². The van der Waals surface area contributed by atoms with Crippen molar-refractivity contribution < 1.29 is 14.7 Å². The standard InChI is InChI=1S/C25H36N2O3/c1-17-12-13-23(28)21(15-17)22-11-6-14-27(22)25(30)24(29)26-20-10-5-9-19(16-20)18-7-3-2-4-8-18/h2-4,7-8,17,19-23,28H,5-6,9-16H2,1H3,(H,26,29). The first kappa shape index (κ1) is 21.4. The molecule has 5 nitrogen and oxygen atoms in total. The zero-order chi connectivity index (χ0) is 21.1. The summed E-state index contributed by atoms with van der Waals surface area (Å²) in [7, 11) is 0. The molecule has 1 aromatic carbocycles. The van der Waals surface area contributed by atoms with Crippen LogP contribution in [0.1, 0.15) is 76.2 Å². The summed E-state index contributed by atoms with van der Waals surface area (Å²) in [5.41, 5.74) is 1.32. The van der Waals surface area contributed by atoms with Gasteiger partial charge in [-0.1, -0.05) is 43.7 Å². The molecular weight excluding hydrogens is 376 g/mol.